The number of aliphatic hydroxyl groups excluding tert-OH is 1. The van der Waals surface area contributed by atoms with Crippen LogP contribution in [0.5, 0.6) is 0 Å². The number of rotatable bonds is 3. The van der Waals surface area contributed by atoms with Gasteiger partial charge >= 0.3 is 0 Å². The number of nitrogens with two attached hydrogens (primary N) is 1. The van der Waals surface area contributed by atoms with E-state index in [0.717, 1.165) is 19.3 Å². The molecule has 0 aliphatic heterocycles. The highest BCUT2D eigenvalue weighted by Crippen LogP contribution is 2.27. The quantitative estimate of drug-likeness (QED) is 0.678. The molecule has 1 aliphatic rings. The molecule has 0 bridgehead atoms. The predicted molar refractivity (Wildman–Crippen MR) is 50.8 cm³/mol. The standard InChI is InChI=1S/C10H21NO/c1-2-9(12)7-8-5-3-4-6-10(8)11/h8-10,12H,2-7,11H2,1H3. The summed E-state index contributed by atoms with van der Waals surface area (Å²) in [6.45, 7) is 2.03. The van der Waals surface area contributed by atoms with Crippen molar-refractivity contribution < 1.29 is 5.11 Å². The van der Waals surface area contributed by atoms with E-state index in [2.05, 4.69) is 0 Å². The molecule has 3 N–H and O–H groups in total. The van der Waals surface area contributed by atoms with Gasteiger partial charge in [0, 0.05) is 6.04 Å². The molecule has 0 aromatic heterocycles. The molecule has 0 spiro atoms. The molecule has 2 nitrogen and oxygen atoms in total. The second kappa shape index (κ2) is 4.83. The third-order valence-corrected chi connectivity index (χ3v) is 3.01. The summed E-state index contributed by atoms with van der Waals surface area (Å²) in [7, 11) is 0. The molecule has 0 radical (unpaired) electrons. The van der Waals surface area contributed by atoms with Crippen molar-refractivity contribution >= 4 is 0 Å². The fourth-order valence-electron chi connectivity index (χ4n) is 2.05. The molecule has 2 heteroatoms. The second-order valence-electron chi connectivity index (χ2n) is 4.01. The number of hydrogen-bond donors (Lipinski definition) is 2. The Morgan fingerprint density at radius 2 is 2.08 bits per heavy atom. The monoisotopic (exact) mass is 171 g/mol. The van der Waals surface area contributed by atoms with E-state index in [1.807, 2.05) is 6.92 Å². The van der Waals surface area contributed by atoms with E-state index in [0.29, 0.717) is 12.0 Å². The van der Waals surface area contributed by atoms with Gasteiger partial charge in [0.1, 0.15) is 0 Å². The maximum Gasteiger partial charge on any atom is 0.0540 e. The molecule has 3 unspecified atom stereocenters. The lowest BCUT2D eigenvalue weighted by Crippen LogP contribution is -2.35. The van der Waals surface area contributed by atoms with Crippen LogP contribution in [0, 0.1) is 5.92 Å². The minimum atomic E-state index is -0.126. The van der Waals surface area contributed by atoms with Gasteiger partial charge < -0.3 is 10.8 Å². The van der Waals surface area contributed by atoms with Crippen LogP contribution in [0.25, 0.3) is 0 Å². The molecule has 1 rings (SSSR count). The van der Waals surface area contributed by atoms with E-state index in [1.54, 1.807) is 0 Å². The minimum Gasteiger partial charge on any atom is -0.393 e. The highest BCUT2D eigenvalue weighted by atomic mass is 16.3. The Kier molecular flexibility index (Phi) is 4.02. The largest absolute Gasteiger partial charge is 0.393 e. The van der Waals surface area contributed by atoms with Crippen LogP contribution in [0.1, 0.15) is 45.4 Å². The van der Waals surface area contributed by atoms with Crippen molar-refractivity contribution in [2.45, 2.75) is 57.6 Å². The van der Waals surface area contributed by atoms with E-state index in [4.69, 9.17) is 5.73 Å². The van der Waals surface area contributed by atoms with Gasteiger partial charge in [0.2, 0.25) is 0 Å². The van der Waals surface area contributed by atoms with Gasteiger partial charge in [-0.2, -0.15) is 0 Å². The van der Waals surface area contributed by atoms with Crippen molar-refractivity contribution in [1.82, 2.24) is 0 Å². The Labute approximate surface area is 75.2 Å². The summed E-state index contributed by atoms with van der Waals surface area (Å²) < 4.78 is 0. The summed E-state index contributed by atoms with van der Waals surface area (Å²) in [5.41, 5.74) is 5.97. The van der Waals surface area contributed by atoms with Crippen molar-refractivity contribution in [2.75, 3.05) is 0 Å². The van der Waals surface area contributed by atoms with E-state index >= 15 is 0 Å². The van der Waals surface area contributed by atoms with Gasteiger partial charge in [0.25, 0.3) is 0 Å². The Balaban J connectivity index is 2.28. The van der Waals surface area contributed by atoms with E-state index in [1.165, 1.54) is 19.3 Å². The Hall–Kier alpha value is -0.0800. The molecule has 12 heavy (non-hydrogen) atoms. The Morgan fingerprint density at radius 3 is 2.67 bits per heavy atom. The van der Waals surface area contributed by atoms with Crippen LogP contribution in [0.4, 0.5) is 0 Å². The van der Waals surface area contributed by atoms with Gasteiger partial charge in [-0.3, -0.25) is 0 Å². The van der Waals surface area contributed by atoms with E-state index < -0.39 is 0 Å². The lowest BCUT2D eigenvalue weighted by atomic mass is 9.81. The predicted octanol–water partition coefficient (Wildman–Crippen LogP) is 1.66. The van der Waals surface area contributed by atoms with Crippen LogP contribution in [0.15, 0.2) is 0 Å². The molecule has 0 amide bonds. The van der Waals surface area contributed by atoms with Gasteiger partial charge in [-0.25, -0.2) is 0 Å². The van der Waals surface area contributed by atoms with Crippen LogP contribution in [-0.4, -0.2) is 17.3 Å². The minimum absolute atomic E-state index is 0.126. The highest BCUT2D eigenvalue weighted by molar-refractivity contribution is 4.79. The molecule has 1 saturated carbocycles. The SMILES string of the molecule is CCC(O)CC1CCCCC1N. The van der Waals surface area contributed by atoms with Crippen molar-refractivity contribution in [2.24, 2.45) is 11.7 Å². The highest BCUT2D eigenvalue weighted by Gasteiger charge is 2.23. The number of aliphatic hydroxyl groups is 1. The summed E-state index contributed by atoms with van der Waals surface area (Å²) in [5.74, 6) is 0.577. The van der Waals surface area contributed by atoms with E-state index in [-0.39, 0.29) is 6.10 Å². The Bertz CT molecular complexity index is 127. The molecular formula is C10H21NO. The van der Waals surface area contributed by atoms with Crippen LogP contribution < -0.4 is 5.73 Å². The fraction of sp³-hybridized carbons (Fsp3) is 1.00. The molecule has 0 saturated heterocycles. The van der Waals surface area contributed by atoms with Crippen LogP contribution in [0.3, 0.4) is 0 Å². The zero-order valence-electron chi connectivity index (χ0n) is 8.00. The first-order valence-electron chi connectivity index (χ1n) is 5.17. The maximum absolute atomic E-state index is 9.47. The summed E-state index contributed by atoms with van der Waals surface area (Å²) in [4.78, 5) is 0. The molecule has 1 fully saturated rings. The van der Waals surface area contributed by atoms with Gasteiger partial charge in [-0.15, -0.1) is 0 Å². The van der Waals surface area contributed by atoms with Crippen LogP contribution in [0.2, 0.25) is 0 Å². The van der Waals surface area contributed by atoms with Gasteiger partial charge in [0.15, 0.2) is 0 Å². The zero-order valence-corrected chi connectivity index (χ0v) is 8.00. The van der Waals surface area contributed by atoms with Crippen molar-refractivity contribution in [3.63, 3.8) is 0 Å². The first-order chi connectivity index (χ1) is 5.74. The van der Waals surface area contributed by atoms with E-state index in [9.17, 15) is 5.11 Å². The van der Waals surface area contributed by atoms with Gasteiger partial charge in [-0.05, 0) is 31.6 Å². The third kappa shape index (κ3) is 2.76. The summed E-state index contributed by atoms with van der Waals surface area (Å²) in [6.07, 6.45) is 6.61. The second-order valence-corrected chi connectivity index (χ2v) is 4.01. The third-order valence-electron chi connectivity index (χ3n) is 3.01. The summed E-state index contributed by atoms with van der Waals surface area (Å²) in [5, 5.41) is 9.47. The normalized spacial score (nSPS) is 33.2. The average molecular weight is 171 g/mol. The Morgan fingerprint density at radius 1 is 1.42 bits per heavy atom. The maximum atomic E-state index is 9.47. The molecule has 0 heterocycles. The van der Waals surface area contributed by atoms with Crippen LogP contribution in [-0.2, 0) is 0 Å². The fourth-order valence-corrected chi connectivity index (χ4v) is 2.05. The van der Waals surface area contributed by atoms with Gasteiger partial charge in [-0.1, -0.05) is 19.8 Å². The average Bonchev–Trinajstić information content (AvgIpc) is 2.09. The lowest BCUT2D eigenvalue weighted by Gasteiger charge is -2.29. The molecule has 1 aliphatic carbocycles. The molecule has 0 aromatic carbocycles. The topological polar surface area (TPSA) is 46.2 Å². The summed E-state index contributed by atoms with van der Waals surface area (Å²) in [6, 6.07) is 0.347. The van der Waals surface area contributed by atoms with Crippen molar-refractivity contribution in [3.05, 3.63) is 0 Å². The van der Waals surface area contributed by atoms with Crippen LogP contribution >= 0.6 is 0 Å². The first kappa shape index (κ1) is 10.0. The first-order valence-corrected chi connectivity index (χ1v) is 5.17. The molecular weight excluding hydrogens is 150 g/mol. The number of hydrogen-bond acceptors (Lipinski definition) is 2. The molecule has 0 aromatic rings. The van der Waals surface area contributed by atoms with Crippen molar-refractivity contribution in [1.29, 1.82) is 0 Å². The smallest absolute Gasteiger partial charge is 0.0540 e. The van der Waals surface area contributed by atoms with Crippen molar-refractivity contribution in [3.8, 4) is 0 Å². The zero-order chi connectivity index (χ0) is 8.97. The van der Waals surface area contributed by atoms with Gasteiger partial charge in [0.05, 0.1) is 6.10 Å². The molecule has 72 valence electrons. The molecule has 3 atom stereocenters. The summed E-state index contributed by atoms with van der Waals surface area (Å²) >= 11 is 0. The lowest BCUT2D eigenvalue weighted by molar-refractivity contribution is 0.119.